The molecule has 7 aromatic carbocycles. The van der Waals surface area contributed by atoms with Gasteiger partial charge in [-0.25, -0.2) is 4.98 Å². The van der Waals surface area contributed by atoms with Crippen LogP contribution in [0.2, 0.25) is 0 Å². The molecule has 0 amide bonds. The summed E-state index contributed by atoms with van der Waals surface area (Å²) in [4.78, 5) is 10.6. The number of pyridine rings is 1. The first kappa shape index (κ1) is 46.2. The van der Waals surface area contributed by atoms with Crippen LogP contribution in [0.5, 0.6) is 5.75 Å². The summed E-state index contributed by atoms with van der Waals surface area (Å²) in [6.07, 6.45) is 1.89. The number of nitrogens with zero attached hydrogens (tertiary/aromatic N) is 3. The second-order valence-corrected chi connectivity index (χ2v) is 20.6. The van der Waals surface area contributed by atoms with E-state index in [1.807, 2.05) is 6.20 Å². The minimum absolute atomic E-state index is 0. The van der Waals surface area contributed by atoms with Crippen LogP contribution < -0.4 is 0 Å². The smallest absolute Gasteiger partial charge is 0.148 e. The molecule has 0 saturated carbocycles. The Labute approximate surface area is 405 Å². The molecule has 2 aromatic heterocycles. The molecule has 0 fully saturated rings. The third-order valence-electron chi connectivity index (χ3n) is 12.5. The number of aromatic nitrogens is 3. The molecule has 4 nitrogen and oxygen atoms in total. The predicted octanol–water partition coefficient (Wildman–Crippen LogP) is 16.1. The quantitative estimate of drug-likeness (QED) is 0.162. The summed E-state index contributed by atoms with van der Waals surface area (Å²) >= 11 is 0. The van der Waals surface area contributed by atoms with Gasteiger partial charge in [-0.15, -0.1) is 23.8 Å². The Morgan fingerprint density at radius 3 is 1.73 bits per heavy atom. The van der Waals surface area contributed by atoms with Crippen LogP contribution in [-0.2, 0) is 37.3 Å². The third-order valence-corrected chi connectivity index (χ3v) is 12.5. The summed E-state index contributed by atoms with van der Waals surface area (Å²) < 4.78 is 2.29. The summed E-state index contributed by atoms with van der Waals surface area (Å²) in [6, 6.07) is 59.8. The first-order valence-corrected chi connectivity index (χ1v) is 22.7. The fraction of sp³-hybridized carbons (Fsp3) is 0.213. The first-order valence-electron chi connectivity index (χ1n) is 22.7. The molecule has 1 N–H and O–H groups in total. The van der Waals surface area contributed by atoms with Crippen molar-refractivity contribution in [2.75, 3.05) is 0 Å². The number of phenols is 1. The molecular weight excluding hydrogens is 986 g/mol. The van der Waals surface area contributed by atoms with Gasteiger partial charge in [0, 0.05) is 38.5 Å². The molecule has 9 rings (SSSR count). The Morgan fingerprint density at radius 1 is 0.500 bits per heavy atom. The number of benzene rings is 7. The van der Waals surface area contributed by atoms with E-state index in [0.29, 0.717) is 11.4 Å². The Morgan fingerprint density at radius 2 is 1.09 bits per heavy atom. The fourth-order valence-corrected chi connectivity index (χ4v) is 8.85. The maximum atomic E-state index is 12.5. The van der Waals surface area contributed by atoms with Gasteiger partial charge in [0.15, 0.2) is 0 Å². The van der Waals surface area contributed by atoms with Gasteiger partial charge in [0.25, 0.3) is 0 Å². The van der Waals surface area contributed by atoms with E-state index in [9.17, 15) is 5.11 Å². The maximum Gasteiger partial charge on any atom is 0.148 e. The van der Waals surface area contributed by atoms with Gasteiger partial charge in [-0.05, 0) is 92.4 Å². The first-order chi connectivity index (χ1) is 30.9. The summed E-state index contributed by atoms with van der Waals surface area (Å²) in [5.74, 6) is 0.938. The minimum atomic E-state index is -0.329. The average Bonchev–Trinajstić information content (AvgIpc) is 3.68. The summed E-state index contributed by atoms with van der Waals surface area (Å²) in [5, 5.41) is 12.5. The molecule has 5 heteroatoms. The van der Waals surface area contributed by atoms with Crippen LogP contribution in [0, 0.1) is 13.0 Å². The van der Waals surface area contributed by atoms with E-state index in [2.05, 4.69) is 238 Å². The van der Waals surface area contributed by atoms with Gasteiger partial charge >= 0.3 is 0 Å². The van der Waals surface area contributed by atoms with Gasteiger partial charge < -0.3 is 5.11 Å². The van der Waals surface area contributed by atoms with Crippen LogP contribution in [0.3, 0.4) is 0 Å². The molecule has 0 aliphatic rings. The number of aryl methyl sites for hydroxylation is 1. The van der Waals surface area contributed by atoms with Crippen molar-refractivity contribution in [2.45, 2.75) is 85.5 Å². The Balaban J connectivity index is 0.00000592. The van der Waals surface area contributed by atoms with Crippen molar-refractivity contribution in [1.29, 1.82) is 0 Å². The monoisotopic (exact) mass is 1040 g/mol. The normalized spacial score (nSPS) is 12.0. The zero-order valence-corrected chi connectivity index (χ0v) is 42.0. The van der Waals surface area contributed by atoms with Gasteiger partial charge in [0.05, 0.1) is 22.3 Å². The van der Waals surface area contributed by atoms with Gasteiger partial charge in [-0.2, -0.15) is 0 Å². The molecule has 0 atom stereocenters. The standard InChI is InChI=1S/C61H58N3O.Pt/c1-39-24-26-42(27-25-39)44-30-31-62-53(36-44)47-33-45(41-20-15-12-16-21-41)32-46(34-47)49-22-17-23-55-56(49)63-58(50-37-48(59(2,3)4)38-52(57(50)65)61(8,9)10)64(55)54-29-28-43(35-51(54)60(5,6)7)40-18-13-11-14-19-40;/h11-33,35-38,65H,1-10H3;/q-1;. The summed E-state index contributed by atoms with van der Waals surface area (Å²) in [7, 11) is 0. The molecule has 0 spiro atoms. The van der Waals surface area contributed by atoms with Crippen LogP contribution in [0.15, 0.2) is 164 Å². The number of para-hydroxylation sites is 1. The third kappa shape index (κ3) is 9.09. The molecule has 0 aliphatic carbocycles. The molecule has 2 heterocycles. The number of imidazole rings is 1. The van der Waals surface area contributed by atoms with Crippen molar-refractivity contribution in [1.82, 2.24) is 14.5 Å². The second kappa shape index (κ2) is 17.8. The van der Waals surface area contributed by atoms with Gasteiger partial charge in [-0.3, -0.25) is 9.55 Å². The Bertz CT molecular complexity index is 3200. The Kier molecular flexibility index (Phi) is 12.5. The van der Waals surface area contributed by atoms with Crippen molar-refractivity contribution in [3.63, 3.8) is 0 Å². The van der Waals surface area contributed by atoms with Crippen LogP contribution >= 0.6 is 0 Å². The number of hydrogen-bond acceptors (Lipinski definition) is 3. The van der Waals surface area contributed by atoms with E-state index < -0.39 is 0 Å². The predicted molar refractivity (Wildman–Crippen MR) is 273 cm³/mol. The van der Waals surface area contributed by atoms with Crippen LogP contribution in [0.25, 0.3) is 83.9 Å². The van der Waals surface area contributed by atoms with E-state index in [1.54, 1.807) is 0 Å². The van der Waals surface area contributed by atoms with Crippen molar-refractivity contribution >= 4 is 11.0 Å². The van der Waals surface area contributed by atoms with E-state index in [4.69, 9.17) is 9.97 Å². The van der Waals surface area contributed by atoms with Crippen molar-refractivity contribution in [2.24, 2.45) is 0 Å². The Hall–Kier alpha value is -6.35. The number of rotatable bonds is 7. The van der Waals surface area contributed by atoms with E-state index in [0.717, 1.165) is 83.6 Å². The van der Waals surface area contributed by atoms with Crippen molar-refractivity contribution in [3.05, 3.63) is 192 Å². The number of aromatic hydroxyl groups is 1. The van der Waals surface area contributed by atoms with E-state index >= 15 is 0 Å². The van der Waals surface area contributed by atoms with Gasteiger partial charge in [-0.1, -0.05) is 200 Å². The second-order valence-electron chi connectivity index (χ2n) is 20.6. The molecule has 334 valence electrons. The van der Waals surface area contributed by atoms with Crippen LogP contribution in [0.1, 0.15) is 84.6 Å². The topological polar surface area (TPSA) is 50.9 Å². The van der Waals surface area contributed by atoms with Crippen LogP contribution in [-0.4, -0.2) is 19.6 Å². The molecule has 9 aromatic rings. The van der Waals surface area contributed by atoms with Gasteiger partial charge in [0.2, 0.25) is 0 Å². The number of hydrogen-bond donors (Lipinski definition) is 1. The zero-order valence-electron chi connectivity index (χ0n) is 39.7. The fourth-order valence-electron chi connectivity index (χ4n) is 8.85. The number of phenolic OH excluding ortho intramolecular Hbond substituents is 1. The molecule has 0 unspecified atom stereocenters. The molecule has 0 radical (unpaired) electrons. The summed E-state index contributed by atoms with van der Waals surface area (Å²) in [5.41, 5.74) is 17.4. The average molecular weight is 1040 g/mol. The van der Waals surface area contributed by atoms with Crippen molar-refractivity contribution < 1.29 is 26.2 Å². The van der Waals surface area contributed by atoms with E-state index in [1.165, 1.54) is 11.1 Å². The molecular formula is C61H58N3OPt-. The molecule has 0 aliphatic heterocycles. The van der Waals surface area contributed by atoms with Crippen LogP contribution in [0.4, 0.5) is 0 Å². The van der Waals surface area contributed by atoms with Gasteiger partial charge in [0.1, 0.15) is 11.6 Å². The molecule has 0 saturated heterocycles. The maximum absolute atomic E-state index is 12.5. The molecule has 66 heavy (non-hydrogen) atoms. The number of fused-ring (bicyclic) bond motifs is 1. The SMILES string of the molecule is Cc1ccc(-c2ccnc(-c3[c-]c(-c4cccc5c4nc(-c4cc(C(C)(C)C)cc(C(C)(C)C)c4O)n5-c4ccc(-c5ccccc5)cc4C(C)(C)C)cc(-c4ccccc4)c3)c2)cc1.[Pt]. The summed E-state index contributed by atoms with van der Waals surface area (Å²) in [6.45, 7) is 22.1. The largest absolute Gasteiger partial charge is 0.507 e. The zero-order chi connectivity index (χ0) is 45.8. The van der Waals surface area contributed by atoms with E-state index in [-0.39, 0.29) is 43.1 Å². The molecule has 0 bridgehead atoms. The minimum Gasteiger partial charge on any atom is -0.507 e. The van der Waals surface area contributed by atoms with Crippen molar-refractivity contribution in [3.8, 4) is 78.6 Å².